The molecule has 0 bridgehead atoms. The molecule has 0 fully saturated rings. The molecule has 0 radical (unpaired) electrons. The van der Waals surface area contributed by atoms with Crippen LogP contribution in [0.25, 0.3) is 11.0 Å². The van der Waals surface area contributed by atoms with Crippen LogP contribution in [0.1, 0.15) is 15.9 Å². The number of halogens is 4. The zero-order valence-corrected chi connectivity index (χ0v) is 16.2. The summed E-state index contributed by atoms with van der Waals surface area (Å²) in [6.07, 6.45) is -1.77. The summed E-state index contributed by atoms with van der Waals surface area (Å²) in [6, 6.07) is 12.8. The van der Waals surface area contributed by atoms with Crippen LogP contribution in [0.2, 0.25) is 0 Å². The first-order valence-corrected chi connectivity index (χ1v) is 9.24. The van der Waals surface area contributed by atoms with E-state index >= 15 is 0 Å². The molecular weight excluding hydrogens is 428 g/mol. The van der Waals surface area contributed by atoms with Gasteiger partial charge < -0.3 is 10.6 Å². The second-order valence-electron chi connectivity index (χ2n) is 6.73. The van der Waals surface area contributed by atoms with Gasteiger partial charge in [0.2, 0.25) is 0 Å². The minimum Gasteiger partial charge on any atom is -0.308 e. The van der Waals surface area contributed by atoms with E-state index in [2.05, 4.69) is 10.3 Å². The van der Waals surface area contributed by atoms with E-state index in [1.54, 1.807) is 30.6 Å². The van der Waals surface area contributed by atoms with Crippen molar-refractivity contribution >= 4 is 34.3 Å². The smallest absolute Gasteiger partial charge is 0.308 e. The molecule has 2 heterocycles. The number of fused-ring (bicyclic) bond motifs is 1. The van der Waals surface area contributed by atoms with Crippen molar-refractivity contribution < 1.29 is 27.2 Å². The molecule has 0 saturated heterocycles. The van der Waals surface area contributed by atoms with Crippen molar-refractivity contribution in [1.29, 1.82) is 0 Å². The van der Waals surface area contributed by atoms with E-state index < -0.39 is 35.2 Å². The molecule has 2 N–H and O–H groups in total. The number of pyridine rings is 1. The maximum absolute atomic E-state index is 14.1. The summed E-state index contributed by atoms with van der Waals surface area (Å²) in [5, 5.41) is 5.20. The minimum atomic E-state index is -4.90. The molecule has 0 spiro atoms. The maximum atomic E-state index is 14.1. The molecule has 0 saturated carbocycles. The van der Waals surface area contributed by atoms with Crippen LogP contribution < -0.4 is 10.6 Å². The van der Waals surface area contributed by atoms with Gasteiger partial charge in [0.25, 0.3) is 5.91 Å². The number of hydrogen-bond acceptors (Lipinski definition) is 3. The minimum absolute atomic E-state index is 0.185. The van der Waals surface area contributed by atoms with Crippen LogP contribution in [-0.4, -0.2) is 21.5 Å². The molecule has 2 aromatic carbocycles. The number of alkyl halides is 3. The van der Waals surface area contributed by atoms with Crippen molar-refractivity contribution in [3.05, 3.63) is 90.0 Å². The van der Waals surface area contributed by atoms with Gasteiger partial charge in [0.15, 0.2) is 5.82 Å². The molecule has 4 rings (SSSR count). The first kappa shape index (κ1) is 21.0. The molecule has 4 aromatic rings. The van der Waals surface area contributed by atoms with Crippen molar-refractivity contribution in [2.45, 2.75) is 6.18 Å². The number of carbonyl (C=O) groups is 2. The SMILES string of the molecule is O=C(Nc1cccc(C(=O)n2ccc3cccnc32)c1)Nc1cccc(C(F)(F)F)c1F. The summed E-state index contributed by atoms with van der Waals surface area (Å²) in [6.45, 7) is 0. The third-order valence-electron chi connectivity index (χ3n) is 4.59. The first-order valence-electron chi connectivity index (χ1n) is 9.24. The molecule has 0 unspecified atom stereocenters. The summed E-state index contributed by atoms with van der Waals surface area (Å²) in [5.74, 6) is -1.99. The van der Waals surface area contributed by atoms with Gasteiger partial charge in [-0.3, -0.25) is 9.36 Å². The number of anilines is 2. The number of aromatic nitrogens is 2. The maximum Gasteiger partial charge on any atom is 0.419 e. The predicted octanol–water partition coefficient (Wildman–Crippen LogP) is 5.53. The summed E-state index contributed by atoms with van der Waals surface area (Å²) in [7, 11) is 0. The number of nitrogens with one attached hydrogen (secondary N) is 2. The quantitative estimate of drug-likeness (QED) is 0.410. The van der Waals surface area contributed by atoms with E-state index in [-0.39, 0.29) is 11.3 Å². The van der Waals surface area contributed by atoms with Gasteiger partial charge in [-0.25, -0.2) is 14.2 Å². The monoisotopic (exact) mass is 442 g/mol. The average molecular weight is 442 g/mol. The van der Waals surface area contributed by atoms with Crippen LogP contribution in [0.3, 0.4) is 0 Å². The second kappa shape index (κ2) is 8.14. The van der Waals surface area contributed by atoms with Gasteiger partial charge in [0, 0.05) is 29.0 Å². The van der Waals surface area contributed by atoms with Gasteiger partial charge in [-0.1, -0.05) is 12.1 Å². The molecule has 2 amide bonds. The summed E-state index contributed by atoms with van der Waals surface area (Å²) in [4.78, 5) is 29.3. The zero-order valence-electron chi connectivity index (χ0n) is 16.2. The first-order chi connectivity index (χ1) is 15.2. The summed E-state index contributed by atoms with van der Waals surface area (Å²) >= 11 is 0. The van der Waals surface area contributed by atoms with Crippen LogP contribution in [0, 0.1) is 5.82 Å². The zero-order chi connectivity index (χ0) is 22.9. The number of carbonyl (C=O) groups excluding carboxylic acids is 2. The third kappa shape index (κ3) is 4.15. The summed E-state index contributed by atoms with van der Waals surface area (Å²) in [5.41, 5.74) is -1.24. The Morgan fingerprint density at radius 3 is 2.50 bits per heavy atom. The van der Waals surface area contributed by atoms with Crippen molar-refractivity contribution in [2.24, 2.45) is 0 Å². The Hall–Kier alpha value is -4.21. The molecule has 0 aliphatic carbocycles. The fourth-order valence-electron chi connectivity index (χ4n) is 3.13. The number of hydrogen-bond donors (Lipinski definition) is 2. The molecule has 10 heteroatoms. The number of benzene rings is 2. The lowest BCUT2D eigenvalue weighted by Gasteiger charge is -2.13. The summed E-state index contributed by atoms with van der Waals surface area (Å²) < 4.78 is 54.0. The molecule has 162 valence electrons. The lowest BCUT2D eigenvalue weighted by atomic mass is 10.1. The van der Waals surface area contributed by atoms with Crippen LogP contribution in [0.4, 0.5) is 33.7 Å². The van der Waals surface area contributed by atoms with Gasteiger partial charge in [-0.15, -0.1) is 0 Å². The Morgan fingerprint density at radius 2 is 1.72 bits per heavy atom. The Morgan fingerprint density at radius 1 is 0.938 bits per heavy atom. The van der Waals surface area contributed by atoms with Crippen LogP contribution >= 0.6 is 0 Å². The van der Waals surface area contributed by atoms with Crippen molar-refractivity contribution in [1.82, 2.24) is 9.55 Å². The molecule has 32 heavy (non-hydrogen) atoms. The third-order valence-corrected chi connectivity index (χ3v) is 4.59. The molecule has 0 aliphatic rings. The van der Waals surface area contributed by atoms with E-state index in [0.29, 0.717) is 11.7 Å². The molecular formula is C22H14F4N4O2. The second-order valence-corrected chi connectivity index (χ2v) is 6.73. The lowest BCUT2D eigenvalue weighted by molar-refractivity contribution is -0.139. The van der Waals surface area contributed by atoms with E-state index in [0.717, 1.165) is 17.5 Å². The fraction of sp³-hybridized carbons (Fsp3) is 0.0455. The van der Waals surface area contributed by atoms with Crippen LogP contribution in [0.15, 0.2) is 73.1 Å². The van der Waals surface area contributed by atoms with E-state index in [9.17, 15) is 27.2 Å². The highest BCUT2D eigenvalue weighted by molar-refractivity contribution is 6.03. The van der Waals surface area contributed by atoms with Crippen LogP contribution in [-0.2, 0) is 6.18 Å². The van der Waals surface area contributed by atoms with Crippen molar-refractivity contribution in [3.63, 3.8) is 0 Å². The predicted molar refractivity (Wildman–Crippen MR) is 110 cm³/mol. The van der Waals surface area contributed by atoms with E-state index in [1.165, 1.54) is 28.8 Å². The van der Waals surface area contributed by atoms with Gasteiger partial charge >= 0.3 is 12.2 Å². The molecule has 0 aliphatic heterocycles. The van der Waals surface area contributed by atoms with Gasteiger partial charge in [-0.2, -0.15) is 13.2 Å². The number of amides is 2. The van der Waals surface area contributed by atoms with Crippen LogP contribution in [0.5, 0.6) is 0 Å². The average Bonchev–Trinajstić information content (AvgIpc) is 3.18. The molecule has 0 atom stereocenters. The highest BCUT2D eigenvalue weighted by atomic mass is 19.4. The Balaban J connectivity index is 1.52. The van der Waals surface area contributed by atoms with Gasteiger partial charge in [0.1, 0.15) is 5.65 Å². The largest absolute Gasteiger partial charge is 0.419 e. The topological polar surface area (TPSA) is 76.0 Å². The van der Waals surface area contributed by atoms with E-state index in [1.807, 2.05) is 5.32 Å². The fourth-order valence-corrected chi connectivity index (χ4v) is 3.13. The molecule has 2 aromatic heterocycles. The van der Waals surface area contributed by atoms with E-state index in [4.69, 9.17) is 0 Å². The Bertz CT molecular complexity index is 1330. The molecule has 6 nitrogen and oxygen atoms in total. The van der Waals surface area contributed by atoms with Crippen molar-refractivity contribution in [2.75, 3.05) is 10.6 Å². The normalized spacial score (nSPS) is 11.4. The van der Waals surface area contributed by atoms with Gasteiger partial charge in [-0.05, 0) is 48.5 Å². The number of rotatable bonds is 3. The van der Waals surface area contributed by atoms with Gasteiger partial charge in [0.05, 0.1) is 11.3 Å². The lowest BCUT2D eigenvalue weighted by Crippen LogP contribution is -2.21. The van der Waals surface area contributed by atoms with Crippen molar-refractivity contribution in [3.8, 4) is 0 Å². The Kier molecular flexibility index (Phi) is 5.35. The number of nitrogens with zero attached hydrogens (tertiary/aromatic N) is 2. The highest BCUT2D eigenvalue weighted by Crippen LogP contribution is 2.33. The Labute approximate surface area is 178 Å². The number of urea groups is 1. The highest BCUT2D eigenvalue weighted by Gasteiger charge is 2.35. The standard InChI is InChI=1S/C22H14F4N4O2/c23-18-16(22(24,25)26)7-2-8-17(18)29-21(32)28-15-6-1-4-14(12-15)20(31)30-11-9-13-5-3-10-27-19(13)30/h1-12H,(H2,28,29,32).